The molecule has 3 nitrogen and oxygen atoms in total. The summed E-state index contributed by atoms with van der Waals surface area (Å²) >= 11 is 0. The Morgan fingerprint density at radius 1 is 1.50 bits per heavy atom. The summed E-state index contributed by atoms with van der Waals surface area (Å²) in [6.45, 7) is 0. The zero-order valence-corrected chi connectivity index (χ0v) is 5.42. The highest BCUT2D eigenvalue weighted by atomic mass is 16.1. The smallest absolute Gasteiger partial charge is 0.225 e. The molecule has 1 N–H and O–H groups in total. The molecule has 2 heterocycles. The van der Waals surface area contributed by atoms with Gasteiger partial charge in [0.15, 0.2) is 0 Å². The molecule has 3 heteroatoms. The maximum Gasteiger partial charge on any atom is 0.225 e. The maximum atomic E-state index is 10.8. The van der Waals surface area contributed by atoms with E-state index in [0.29, 0.717) is 6.42 Å². The van der Waals surface area contributed by atoms with Crippen molar-refractivity contribution in [3.05, 3.63) is 23.7 Å². The number of hydrogen-bond donors (Lipinski definition) is 1. The van der Waals surface area contributed by atoms with E-state index in [4.69, 9.17) is 0 Å². The largest absolute Gasteiger partial charge is 0.310 e. The second kappa shape index (κ2) is 1.87. The second-order valence-corrected chi connectivity index (χ2v) is 2.37. The van der Waals surface area contributed by atoms with Crippen molar-refractivity contribution >= 4 is 5.91 Å². The van der Waals surface area contributed by atoms with E-state index in [9.17, 15) is 4.79 Å². The van der Waals surface area contributed by atoms with Gasteiger partial charge in [-0.15, -0.1) is 0 Å². The predicted octanol–water partition coefficient (Wildman–Crippen LogP) is 0.240. The molecule has 2 aliphatic heterocycles. The van der Waals surface area contributed by atoms with Crippen molar-refractivity contribution in [2.75, 3.05) is 0 Å². The van der Waals surface area contributed by atoms with Crippen molar-refractivity contribution in [2.45, 2.75) is 12.8 Å². The van der Waals surface area contributed by atoms with E-state index in [1.807, 2.05) is 6.08 Å². The molecule has 0 fully saturated rings. The lowest BCUT2D eigenvalue weighted by molar-refractivity contribution is -0.120. The van der Waals surface area contributed by atoms with Crippen LogP contribution in [0.4, 0.5) is 0 Å². The standard InChI is InChI=1S/C7H7N2O/c10-6-2-1-5-3-4-8-7(5)9-6/h3-4H,1-2H2,(H,9,10). The monoisotopic (exact) mass is 135 g/mol. The Kier molecular flexibility index (Phi) is 1.03. The summed E-state index contributed by atoms with van der Waals surface area (Å²) in [5.74, 6) is 0.822. The molecule has 1 amide bonds. The number of carbonyl (C=O) groups is 1. The van der Waals surface area contributed by atoms with E-state index in [-0.39, 0.29) is 5.91 Å². The molecule has 0 unspecified atom stereocenters. The van der Waals surface area contributed by atoms with Gasteiger partial charge in [0.1, 0.15) is 5.82 Å². The van der Waals surface area contributed by atoms with Gasteiger partial charge >= 0.3 is 0 Å². The van der Waals surface area contributed by atoms with Crippen molar-refractivity contribution in [3.8, 4) is 0 Å². The van der Waals surface area contributed by atoms with Gasteiger partial charge in [0.25, 0.3) is 0 Å². The Hall–Kier alpha value is -1.25. The van der Waals surface area contributed by atoms with E-state index in [1.54, 1.807) is 6.20 Å². The second-order valence-electron chi connectivity index (χ2n) is 2.37. The molecule has 51 valence electrons. The van der Waals surface area contributed by atoms with E-state index in [2.05, 4.69) is 10.6 Å². The molecule has 2 rings (SSSR count). The molecule has 10 heavy (non-hydrogen) atoms. The highest BCUT2D eigenvalue weighted by molar-refractivity contribution is 5.80. The van der Waals surface area contributed by atoms with Gasteiger partial charge < -0.3 is 5.32 Å². The van der Waals surface area contributed by atoms with Crippen LogP contribution in [0.1, 0.15) is 12.8 Å². The zero-order valence-electron chi connectivity index (χ0n) is 5.42. The molecule has 2 aliphatic rings. The molecule has 0 atom stereocenters. The first-order chi connectivity index (χ1) is 4.86. The van der Waals surface area contributed by atoms with Gasteiger partial charge in [0.2, 0.25) is 5.91 Å². The summed E-state index contributed by atoms with van der Waals surface area (Å²) in [7, 11) is 0. The van der Waals surface area contributed by atoms with Crippen molar-refractivity contribution in [1.29, 1.82) is 0 Å². The number of hydrogen-bond acceptors (Lipinski definition) is 1. The SMILES string of the molecule is O=C1CCC2=C([N]C=C2)N1. The Balaban J connectivity index is 2.26. The molecular formula is C7H7N2O. The van der Waals surface area contributed by atoms with Gasteiger partial charge in [0.05, 0.1) is 0 Å². The molecule has 1 radical (unpaired) electrons. The fraction of sp³-hybridized carbons (Fsp3) is 0.286. The number of rotatable bonds is 0. The van der Waals surface area contributed by atoms with Gasteiger partial charge in [-0.05, 0) is 18.1 Å². The summed E-state index contributed by atoms with van der Waals surface area (Å²) < 4.78 is 0. The van der Waals surface area contributed by atoms with Crippen molar-refractivity contribution in [1.82, 2.24) is 10.6 Å². The first kappa shape index (κ1) is 5.53. The number of nitrogens with one attached hydrogen (secondary N) is 1. The first-order valence-corrected chi connectivity index (χ1v) is 3.27. The number of carbonyl (C=O) groups excluding carboxylic acids is 1. The predicted molar refractivity (Wildman–Crippen MR) is 35.7 cm³/mol. The van der Waals surface area contributed by atoms with Gasteiger partial charge in [-0.3, -0.25) is 4.79 Å². The fourth-order valence-electron chi connectivity index (χ4n) is 1.12. The third kappa shape index (κ3) is 0.708. The summed E-state index contributed by atoms with van der Waals surface area (Å²) in [5.41, 5.74) is 1.15. The topological polar surface area (TPSA) is 43.2 Å². The zero-order chi connectivity index (χ0) is 6.97. The number of allylic oxidation sites excluding steroid dienone is 2. The van der Waals surface area contributed by atoms with Crippen LogP contribution in [0.25, 0.3) is 0 Å². The van der Waals surface area contributed by atoms with E-state index in [0.717, 1.165) is 17.8 Å². The highest BCUT2D eigenvalue weighted by Crippen LogP contribution is 2.18. The van der Waals surface area contributed by atoms with Crippen molar-refractivity contribution < 1.29 is 4.79 Å². The van der Waals surface area contributed by atoms with Crippen LogP contribution in [0.5, 0.6) is 0 Å². The summed E-state index contributed by atoms with van der Waals surface area (Å²) in [5, 5.41) is 6.67. The number of amides is 1. The lowest BCUT2D eigenvalue weighted by Gasteiger charge is -2.12. The first-order valence-electron chi connectivity index (χ1n) is 3.27. The highest BCUT2D eigenvalue weighted by Gasteiger charge is 2.18. The minimum atomic E-state index is 0.0752. The molecular weight excluding hydrogens is 128 g/mol. The third-order valence-electron chi connectivity index (χ3n) is 1.66. The van der Waals surface area contributed by atoms with Crippen LogP contribution in [0.3, 0.4) is 0 Å². The number of nitrogens with zero attached hydrogens (tertiary/aromatic N) is 1. The van der Waals surface area contributed by atoms with Crippen LogP contribution < -0.4 is 10.6 Å². The average molecular weight is 135 g/mol. The minimum Gasteiger partial charge on any atom is -0.310 e. The third-order valence-corrected chi connectivity index (χ3v) is 1.66. The maximum absolute atomic E-state index is 10.8. The average Bonchev–Trinajstić information content (AvgIpc) is 2.33. The normalized spacial score (nSPS) is 22.2. The summed E-state index contributed by atoms with van der Waals surface area (Å²) in [4.78, 5) is 10.8. The van der Waals surface area contributed by atoms with E-state index < -0.39 is 0 Å². The quantitative estimate of drug-likeness (QED) is 0.508. The van der Waals surface area contributed by atoms with Crippen LogP contribution in [-0.4, -0.2) is 5.91 Å². The Morgan fingerprint density at radius 2 is 2.40 bits per heavy atom. The molecule has 0 aromatic rings. The van der Waals surface area contributed by atoms with Gasteiger partial charge in [-0.25, -0.2) is 5.32 Å². The van der Waals surface area contributed by atoms with Crippen LogP contribution in [-0.2, 0) is 4.79 Å². The molecule has 0 spiro atoms. The Bertz CT molecular complexity index is 240. The lowest BCUT2D eigenvalue weighted by atomic mass is 10.1. The van der Waals surface area contributed by atoms with Crippen molar-refractivity contribution in [2.24, 2.45) is 0 Å². The molecule has 0 saturated heterocycles. The Labute approximate surface area is 58.8 Å². The van der Waals surface area contributed by atoms with Crippen LogP contribution in [0, 0.1) is 0 Å². The summed E-state index contributed by atoms with van der Waals surface area (Å²) in [6, 6.07) is 0. The van der Waals surface area contributed by atoms with Gasteiger partial charge in [-0.2, -0.15) is 0 Å². The van der Waals surface area contributed by atoms with E-state index in [1.165, 1.54) is 0 Å². The summed E-state index contributed by atoms with van der Waals surface area (Å²) in [6.07, 6.45) is 5.09. The molecule has 0 aliphatic carbocycles. The van der Waals surface area contributed by atoms with Gasteiger partial charge in [-0.1, -0.05) is 0 Å². The lowest BCUT2D eigenvalue weighted by Crippen LogP contribution is -2.29. The van der Waals surface area contributed by atoms with E-state index >= 15 is 0 Å². The fourth-order valence-corrected chi connectivity index (χ4v) is 1.12. The molecule has 0 saturated carbocycles. The van der Waals surface area contributed by atoms with Crippen molar-refractivity contribution in [3.63, 3.8) is 0 Å². The van der Waals surface area contributed by atoms with Gasteiger partial charge in [0, 0.05) is 12.6 Å². The minimum absolute atomic E-state index is 0.0752. The molecule has 0 aromatic carbocycles. The molecule has 0 aromatic heterocycles. The Morgan fingerprint density at radius 3 is 3.30 bits per heavy atom. The molecule has 0 bridgehead atoms. The van der Waals surface area contributed by atoms with Crippen LogP contribution in [0.2, 0.25) is 0 Å². The van der Waals surface area contributed by atoms with Crippen LogP contribution >= 0.6 is 0 Å². The van der Waals surface area contributed by atoms with Crippen LogP contribution in [0.15, 0.2) is 23.7 Å².